The Labute approximate surface area is 114 Å². The number of nitrogens with zero attached hydrogens (tertiary/aromatic N) is 1. The fourth-order valence-corrected chi connectivity index (χ4v) is 2.57. The summed E-state index contributed by atoms with van der Waals surface area (Å²) < 4.78 is 4.97. The number of carbonyl (C=O) groups excluding carboxylic acids is 1. The van der Waals surface area contributed by atoms with E-state index < -0.39 is 0 Å². The van der Waals surface area contributed by atoms with Gasteiger partial charge in [0, 0.05) is 26.8 Å². The maximum atomic E-state index is 12.1. The van der Waals surface area contributed by atoms with Gasteiger partial charge >= 0.3 is 6.03 Å². The van der Waals surface area contributed by atoms with Crippen LogP contribution in [0.5, 0.6) is 0 Å². The molecule has 0 aliphatic carbocycles. The first-order valence-electron chi connectivity index (χ1n) is 6.82. The van der Waals surface area contributed by atoms with Crippen molar-refractivity contribution in [3.8, 4) is 0 Å². The number of likely N-dealkylation sites (tertiary alicyclic amines) is 1. The number of ether oxygens (including phenoxy) is 1. The van der Waals surface area contributed by atoms with Crippen molar-refractivity contribution in [2.45, 2.75) is 19.4 Å². The van der Waals surface area contributed by atoms with E-state index in [1.54, 1.807) is 7.11 Å². The third-order valence-electron chi connectivity index (χ3n) is 3.56. The number of hydrogen-bond donors (Lipinski definition) is 1. The molecule has 2 amide bonds. The molecule has 1 aliphatic heterocycles. The SMILES string of the molecule is COCCCNC(=O)N1C[C@H](C)[C@H]1c1ccccc1. The Bertz CT molecular complexity index is 408. The molecule has 1 fully saturated rings. The van der Waals surface area contributed by atoms with Crippen LogP contribution < -0.4 is 5.32 Å². The molecule has 1 saturated heterocycles. The van der Waals surface area contributed by atoms with E-state index >= 15 is 0 Å². The first-order valence-corrected chi connectivity index (χ1v) is 6.82. The Morgan fingerprint density at radius 1 is 1.42 bits per heavy atom. The van der Waals surface area contributed by atoms with Crippen LogP contribution in [0, 0.1) is 5.92 Å². The van der Waals surface area contributed by atoms with E-state index in [1.807, 2.05) is 23.1 Å². The smallest absolute Gasteiger partial charge is 0.317 e. The highest BCUT2D eigenvalue weighted by Crippen LogP contribution is 2.38. The fraction of sp³-hybridized carbons (Fsp3) is 0.533. The van der Waals surface area contributed by atoms with Crippen molar-refractivity contribution in [1.29, 1.82) is 0 Å². The molecule has 0 aromatic heterocycles. The second kappa shape index (κ2) is 6.57. The van der Waals surface area contributed by atoms with Crippen LogP contribution in [-0.4, -0.2) is 37.7 Å². The molecule has 2 rings (SSSR count). The summed E-state index contributed by atoms with van der Waals surface area (Å²) in [5, 5.41) is 2.95. The van der Waals surface area contributed by atoms with E-state index in [2.05, 4.69) is 24.4 Å². The highest BCUT2D eigenvalue weighted by molar-refractivity contribution is 5.75. The summed E-state index contributed by atoms with van der Waals surface area (Å²) >= 11 is 0. The van der Waals surface area contributed by atoms with E-state index in [9.17, 15) is 4.79 Å². The Kier molecular flexibility index (Phi) is 4.80. The van der Waals surface area contributed by atoms with Crippen LogP contribution in [0.25, 0.3) is 0 Å². The Hall–Kier alpha value is -1.55. The predicted octanol–water partition coefficient (Wildman–Crippen LogP) is 2.43. The Balaban J connectivity index is 1.88. The van der Waals surface area contributed by atoms with E-state index in [-0.39, 0.29) is 12.1 Å². The number of urea groups is 1. The summed E-state index contributed by atoms with van der Waals surface area (Å²) in [6, 6.07) is 10.5. The van der Waals surface area contributed by atoms with E-state index in [0.29, 0.717) is 19.1 Å². The van der Waals surface area contributed by atoms with Gasteiger partial charge in [0.15, 0.2) is 0 Å². The van der Waals surface area contributed by atoms with Crippen LogP contribution in [0.1, 0.15) is 24.9 Å². The van der Waals surface area contributed by atoms with Gasteiger partial charge in [-0.1, -0.05) is 37.3 Å². The second-order valence-corrected chi connectivity index (χ2v) is 5.06. The highest BCUT2D eigenvalue weighted by atomic mass is 16.5. The number of methoxy groups -OCH3 is 1. The first kappa shape index (κ1) is 13.9. The molecular formula is C15H22N2O2. The lowest BCUT2D eigenvalue weighted by Gasteiger charge is -2.46. The number of hydrogen-bond acceptors (Lipinski definition) is 2. The van der Waals surface area contributed by atoms with E-state index in [1.165, 1.54) is 5.56 Å². The van der Waals surface area contributed by atoms with Crippen molar-refractivity contribution < 1.29 is 9.53 Å². The maximum absolute atomic E-state index is 12.1. The van der Waals surface area contributed by atoms with Crippen LogP contribution in [0.15, 0.2) is 30.3 Å². The third kappa shape index (κ3) is 3.26. The number of amides is 2. The standard InChI is InChI=1S/C15H22N2O2/c1-12-11-17(15(18)16-9-6-10-19-2)14(12)13-7-4-3-5-8-13/h3-5,7-8,12,14H,6,9-11H2,1-2H3,(H,16,18)/t12-,14-/m0/s1. The largest absolute Gasteiger partial charge is 0.385 e. The third-order valence-corrected chi connectivity index (χ3v) is 3.56. The van der Waals surface area contributed by atoms with E-state index in [0.717, 1.165) is 13.0 Å². The minimum absolute atomic E-state index is 0.0306. The second-order valence-electron chi connectivity index (χ2n) is 5.06. The molecule has 1 aromatic rings. The van der Waals surface area contributed by atoms with Crippen molar-refractivity contribution in [3.05, 3.63) is 35.9 Å². The minimum Gasteiger partial charge on any atom is -0.385 e. The number of rotatable bonds is 5. The quantitative estimate of drug-likeness (QED) is 0.828. The lowest BCUT2D eigenvalue weighted by molar-refractivity contribution is 0.0590. The summed E-state index contributed by atoms with van der Waals surface area (Å²) in [6.07, 6.45) is 0.849. The van der Waals surface area contributed by atoms with Gasteiger partial charge in [0.05, 0.1) is 6.04 Å². The Morgan fingerprint density at radius 2 is 2.16 bits per heavy atom. The average Bonchev–Trinajstić information content (AvgIpc) is 2.42. The van der Waals surface area contributed by atoms with Gasteiger partial charge in [0.1, 0.15) is 0 Å². The molecule has 0 radical (unpaired) electrons. The van der Waals surface area contributed by atoms with Crippen molar-refractivity contribution in [2.75, 3.05) is 26.8 Å². The van der Waals surface area contributed by atoms with Crippen LogP contribution in [0.4, 0.5) is 4.79 Å². The van der Waals surface area contributed by atoms with Crippen molar-refractivity contribution in [1.82, 2.24) is 10.2 Å². The van der Waals surface area contributed by atoms with Crippen LogP contribution >= 0.6 is 0 Å². The molecule has 4 heteroatoms. The monoisotopic (exact) mass is 262 g/mol. The Morgan fingerprint density at radius 3 is 2.79 bits per heavy atom. The zero-order chi connectivity index (χ0) is 13.7. The molecule has 1 aromatic carbocycles. The van der Waals surface area contributed by atoms with Gasteiger partial charge < -0.3 is 15.0 Å². The van der Waals surface area contributed by atoms with Crippen molar-refractivity contribution in [3.63, 3.8) is 0 Å². The molecule has 19 heavy (non-hydrogen) atoms. The summed E-state index contributed by atoms with van der Waals surface area (Å²) in [4.78, 5) is 14.0. The minimum atomic E-state index is 0.0306. The van der Waals surface area contributed by atoms with E-state index in [4.69, 9.17) is 4.74 Å². The van der Waals surface area contributed by atoms with Gasteiger partial charge in [-0.3, -0.25) is 0 Å². The van der Waals surface area contributed by atoms with Gasteiger partial charge in [-0.15, -0.1) is 0 Å². The number of benzene rings is 1. The lowest BCUT2D eigenvalue weighted by Crippen LogP contribution is -2.55. The van der Waals surface area contributed by atoms with Crippen molar-refractivity contribution >= 4 is 6.03 Å². The van der Waals surface area contributed by atoms with Gasteiger partial charge in [-0.2, -0.15) is 0 Å². The molecule has 1 aliphatic rings. The molecule has 0 unspecified atom stereocenters. The van der Waals surface area contributed by atoms with Crippen LogP contribution in [0.2, 0.25) is 0 Å². The molecule has 1 N–H and O–H groups in total. The average molecular weight is 262 g/mol. The van der Waals surface area contributed by atoms with Gasteiger partial charge in [-0.25, -0.2) is 4.79 Å². The van der Waals surface area contributed by atoms with Crippen LogP contribution in [0.3, 0.4) is 0 Å². The molecule has 2 atom stereocenters. The molecule has 4 nitrogen and oxygen atoms in total. The molecule has 1 heterocycles. The maximum Gasteiger partial charge on any atom is 0.317 e. The zero-order valence-electron chi connectivity index (χ0n) is 11.6. The van der Waals surface area contributed by atoms with Gasteiger partial charge in [0.2, 0.25) is 0 Å². The molecule has 0 bridgehead atoms. The molecular weight excluding hydrogens is 240 g/mol. The first-order chi connectivity index (χ1) is 9.24. The summed E-state index contributed by atoms with van der Waals surface area (Å²) in [6.45, 7) is 4.36. The van der Waals surface area contributed by atoms with Gasteiger partial charge in [-0.05, 0) is 17.9 Å². The summed E-state index contributed by atoms with van der Waals surface area (Å²) in [7, 11) is 1.67. The molecule has 0 spiro atoms. The molecule has 104 valence electrons. The molecule has 0 saturated carbocycles. The normalized spacial score (nSPS) is 21.9. The predicted molar refractivity (Wildman–Crippen MR) is 74.9 cm³/mol. The van der Waals surface area contributed by atoms with Crippen LogP contribution in [-0.2, 0) is 4.74 Å². The van der Waals surface area contributed by atoms with Gasteiger partial charge in [0.25, 0.3) is 0 Å². The fourth-order valence-electron chi connectivity index (χ4n) is 2.57. The summed E-state index contributed by atoms with van der Waals surface area (Å²) in [5.74, 6) is 0.520. The van der Waals surface area contributed by atoms with Crippen molar-refractivity contribution in [2.24, 2.45) is 5.92 Å². The lowest BCUT2D eigenvalue weighted by atomic mass is 9.85. The number of carbonyl (C=O) groups is 1. The highest BCUT2D eigenvalue weighted by Gasteiger charge is 2.39. The zero-order valence-corrected chi connectivity index (χ0v) is 11.6. The topological polar surface area (TPSA) is 41.6 Å². The number of nitrogens with one attached hydrogen (secondary N) is 1. The summed E-state index contributed by atoms with van der Waals surface area (Å²) in [5.41, 5.74) is 1.22.